The Hall–Kier alpha value is -1.84. The van der Waals surface area contributed by atoms with E-state index in [1.165, 1.54) is 10.8 Å². The molecule has 0 unspecified atom stereocenters. The molecule has 0 bridgehead atoms. The summed E-state index contributed by atoms with van der Waals surface area (Å²) in [5, 5.41) is 2.37. The zero-order valence-electron chi connectivity index (χ0n) is 10.8. The monoisotopic (exact) mass is 327 g/mol. The van der Waals surface area contributed by atoms with Crippen molar-refractivity contribution >= 4 is 26.7 Å². The molecule has 2 N–H and O–H groups in total. The normalized spacial score (nSPS) is 10.7. The lowest BCUT2D eigenvalue weighted by molar-refractivity contribution is 0.482. The second kappa shape index (κ2) is 5.65. The third-order valence-corrected chi connectivity index (χ3v) is 3.58. The van der Waals surface area contributed by atoms with Gasteiger partial charge in [-0.15, -0.1) is 0 Å². The molecule has 0 aliphatic carbocycles. The molecule has 0 saturated carbocycles. The number of halogens is 1. The highest BCUT2D eigenvalue weighted by atomic mass is 79.9. The molecule has 0 amide bonds. The number of nitrogens with two attached hydrogens (primary N) is 1. The smallest absolute Gasteiger partial charge is 0.128 e. The highest BCUT2D eigenvalue weighted by Crippen LogP contribution is 2.28. The van der Waals surface area contributed by atoms with Crippen LogP contribution < -0.4 is 10.5 Å². The number of fused-ring (bicyclic) bond motifs is 1. The fourth-order valence-electron chi connectivity index (χ4n) is 2.16. The zero-order chi connectivity index (χ0) is 13.9. The Kier molecular flexibility index (Phi) is 3.72. The lowest BCUT2D eigenvalue weighted by Crippen LogP contribution is -1.96. The van der Waals surface area contributed by atoms with Crippen LogP contribution in [0.3, 0.4) is 0 Å². The average molecular weight is 328 g/mol. The zero-order valence-corrected chi connectivity index (χ0v) is 12.4. The maximum atomic E-state index is 5.92. The fraction of sp³-hybridized carbons (Fsp3) is 0.0588. The summed E-state index contributed by atoms with van der Waals surface area (Å²) in [6, 6.07) is 20.2. The number of hydrogen-bond donors (Lipinski definition) is 1. The van der Waals surface area contributed by atoms with Crippen LogP contribution in [0.1, 0.15) is 5.56 Å². The number of rotatable bonds is 3. The molecular formula is C17H14BrNO. The summed E-state index contributed by atoms with van der Waals surface area (Å²) in [5.74, 6) is 1.61. The minimum absolute atomic E-state index is 0.494. The highest BCUT2D eigenvalue weighted by molar-refractivity contribution is 9.10. The van der Waals surface area contributed by atoms with Crippen LogP contribution in [0.15, 0.2) is 65.1 Å². The summed E-state index contributed by atoms with van der Waals surface area (Å²) < 4.78 is 6.89. The van der Waals surface area contributed by atoms with Gasteiger partial charge in [-0.1, -0.05) is 46.3 Å². The maximum Gasteiger partial charge on any atom is 0.128 e. The number of hydrogen-bond acceptors (Lipinski definition) is 2. The third-order valence-electron chi connectivity index (χ3n) is 3.12. The lowest BCUT2D eigenvalue weighted by atomic mass is 10.1. The molecule has 3 rings (SSSR count). The van der Waals surface area contributed by atoms with E-state index >= 15 is 0 Å². The molecule has 20 heavy (non-hydrogen) atoms. The van der Waals surface area contributed by atoms with Gasteiger partial charge in [0.25, 0.3) is 0 Å². The van der Waals surface area contributed by atoms with Gasteiger partial charge in [-0.25, -0.2) is 0 Å². The van der Waals surface area contributed by atoms with Crippen molar-refractivity contribution in [1.29, 1.82) is 0 Å². The Bertz CT molecular complexity index is 755. The van der Waals surface area contributed by atoms with Gasteiger partial charge in [0.05, 0.1) is 0 Å². The van der Waals surface area contributed by atoms with Gasteiger partial charge in [0.2, 0.25) is 0 Å². The summed E-state index contributed by atoms with van der Waals surface area (Å²) in [7, 11) is 0. The minimum Gasteiger partial charge on any atom is -0.457 e. The fourth-order valence-corrected chi connectivity index (χ4v) is 2.68. The SMILES string of the molecule is NCc1cc(Br)cc(Oc2ccc3ccccc3c2)c1. The van der Waals surface area contributed by atoms with E-state index in [9.17, 15) is 0 Å². The molecule has 0 spiro atoms. The minimum atomic E-state index is 0.494. The van der Waals surface area contributed by atoms with E-state index in [1.54, 1.807) is 0 Å². The Morgan fingerprint density at radius 3 is 2.45 bits per heavy atom. The molecule has 100 valence electrons. The molecule has 3 aromatic rings. The molecule has 0 heterocycles. The summed E-state index contributed by atoms with van der Waals surface area (Å²) in [6.07, 6.45) is 0. The lowest BCUT2D eigenvalue weighted by Gasteiger charge is -2.09. The predicted octanol–water partition coefficient (Wildman–Crippen LogP) is 4.85. The first-order valence-electron chi connectivity index (χ1n) is 6.41. The molecule has 0 aliphatic rings. The van der Waals surface area contributed by atoms with Gasteiger partial charge in [-0.05, 0) is 46.7 Å². The van der Waals surface area contributed by atoms with Crippen LogP contribution in [0.5, 0.6) is 11.5 Å². The van der Waals surface area contributed by atoms with Crippen molar-refractivity contribution in [3.05, 3.63) is 70.7 Å². The Balaban J connectivity index is 1.94. The summed E-state index contributed by atoms with van der Waals surface area (Å²) in [5.41, 5.74) is 6.72. The summed E-state index contributed by atoms with van der Waals surface area (Å²) in [6.45, 7) is 0.494. The molecule has 0 saturated heterocycles. The molecule has 3 aromatic carbocycles. The van der Waals surface area contributed by atoms with E-state index in [1.807, 2.05) is 42.5 Å². The summed E-state index contributed by atoms with van der Waals surface area (Å²) >= 11 is 3.47. The first-order chi connectivity index (χ1) is 9.74. The van der Waals surface area contributed by atoms with Gasteiger partial charge in [-0.2, -0.15) is 0 Å². The molecular weight excluding hydrogens is 314 g/mol. The van der Waals surface area contributed by atoms with Crippen molar-refractivity contribution < 1.29 is 4.74 Å². The van der Waals surface area contributed by atoms with Gasteiger partial charge in [0.15, 0.2) is 0 Å². The van der Waals surface area contributed by atoms with Crippen LogP contribution in [0.25, 0.3) is 10.8 Å². The van der Waals surface area contributed by atoms with Crippen LogP contribution in [0.4, 0.5) is 0 Å². The molecule has 2 nitrogen and oxygen atoms in total. The van der Waals surface area contributed by atoms with E-state index in [4.69, 9.17) is 10.5 Å². The average Bonchev–Trinajstić information content (AvgIpc) is 2.46. The molecule has 0 aromatic heterocycles. The van der Waals surface area contributed by atoms with E-state index in [0.717, 1.165) is 21.5 Å². The topological polar surface area (TPSA) is 35.2 Å². The van der Waals surface area contributed by atoms with Crippen molar-refractivity contribution in [3.8, 4) is 11.5 Å². The summed E-state index contributed by atoms with van der Waals surface area (Å²) in [4.78, 5) is 0. The first kappa shape index (κ1) is 13.2. The van der Waals surface area contributed by atoms with Gasteiger partial charge < -0.3 is 10.5 Å². The van der Waals surface area contributed by atoms with Crippen molar-refractivity contribution in [2.75, 3.05) is 0 Å². The first-order valence-corrected chi connectivity index (χ1v) is 7.20. The third kappa shape index (κ3) is 2.84. The quantitative estimate of drug-likeness (QED) is 0.746. The molecule has 0 aliphatic heterocycles. The van der Waals surface area contributed by atoms with Gasteiger partial charge in [0.1, 0.15) is 11.5 Å². The standard InChI is InChI=1S/C17H14BrNO/c18-15-7-12(11-19)8-17(10-15)20-16-6-5-13-3-1-2-4-14(13)9-16/h1-10H,11,19H2. The van der Waals surface area contributed by atoms with Crippen molar-refractivity contribution in [2.24, 2.45) is 5.73 Å². The maximum absolute atomic E-state index is 5.92. The Morgan fingerprint density at radius 2 is 1.65 bits per heavy atom. The van der Waals surface area contributed by atoms with E-state index in [2.05, 4.69) is 34.1 Å². The van der Waals surface area contributed by atoms with E-state index in [0.29, 0.717) is 6.54 Å². The van der Waals surface area contributed by atoms with E-state index in [-0.39, 0.29) is 0 Å². The van der Waals surface area contributed by atoms with Crippen LogP contribution >= 0.6 is 15.9 Å². The molecule has 0 atom stereocenters. The largest absolute Gasteiger partial charge is 0.457 e. The number of ether oxygens (including phenoxy) is 1. The van der Waals surface area contributed by atoms with E-state index < -0.39 is 0 Å². The van der Waals surface area contributed by atoms with Gasteiger partial charge in [0, 0.05) is 11.0 Å². The van der Waals surface area contributed by atoms with Gasteiger partial charge in [-0.3, -0.25) is 0 Å². The number of benzene rings is 3. The molecule has 3 heteroatoms. The highest BCUT2D eigenvalue weighted by Gasteiger charge is 2.02. The second-order valence-corrected chi connectivity index (χ2v) is 5.53. The van der Waals surface area contributed by atoms with Crippen molar-refractivity contribution in [1.82, 2.24) is 0 Å². The predicted molar refractivity (Wildman–Crippen MR) is 86.1 cm³/mol. The van der Waals surface area contributed by atoms with Crippen molar-refractivity contribution in [3.63, 3.8) is 0 Å². The Morgan fingerprint density at radius 1 is 0.850 bits per heavy atom. The van der Waals surface area contributed by atoms with Crippen LogP contribution in [-0.4, -0.2) is 0 Å². The Labute approximate surface area is 126 Å². The second-order valence-electron chi connectivity index (χ2n) is 4.61. The van der Waals surface area contributed by atoms with Crippen molar-refractivity contribution in [2.45, 2.75) is 6.54 Å². The van der Waals surface area contributed by atoms with Crippen LogP contribution in [0.2, 0.25) is 0 Å². The molecule has 0 fully saturated rings. The molecule has 0 radical (unpaired) electrons. The van der Waals surface area contributed by atoms with Crippen LogP contribution in [0, 0.1) is 0 Å². The van der Waals surface area contributed by atoms with Crippen LogP contribution in [-0.2, 0) is 6.54 Å². The van der Waals surface area contributed by atoms with Gasteiger partial charge >= 0.3 is 0 Å².